The molecule has 0 aliphatic carbocycles. The van der Waals surface area contributed by atoms with Crippen LogP contribution in [0.1, 0.15) is 25.5 Å². The van der Waals surface area contributed by atoms with Crippen LogP contribution in [0.2, 0.25) is 0 Å². The topological polar surface area (TPSA) is 80.6 Å². The first-order chi connectivity index (χ1) is 11.8. The van der Waals surface area contributed by atoms with Gasteiger partial charge in [0.15, 0.2) is 0 Å². The molecule has 3 aromatic heterocycles. The lowest BCUT2D eigenvalue weighted by molar-refractivity contribution is 0.434. The Bertz CT molecular complexity index is 916. The second-order valence-corrected chi connectivity index (χ2v) is 6.17. The predicted molar refractivity (Wildman–Crippen MR) is 95.0 cm³/mol. The van der Waals surface area contributed by atoms with Gasteiger partial charge in [0.2, 0.25) is 0 Å². The highest BCUT2D eigenvalue weighted by Gasteiger charge is 2.23. The summed E-state index contributed by atoms with van der Waals surface area (Å²) >= 11 is 0. The van der Waals surface area contributed by atoms with Crippen molar-refractivity contribution < 1.29 is 0 Å². The number of anilines is 1. The minimum absolute atomic E-state index is 0.433. The first-order valence-corrected chi connectivity index (χ1v) is 8.45. The van der Waals surface area contributed by atoms with Crippen molar-refractivity contribution in [1.82, 2.24) is 20.3 Å². The van der Waals surface area contributed by atoms with Gasteiger partial charge in [-0.1, -0.05) is 0 Å². The number of H-pyrrole nitrogens is 1. The molecule has 1 fully saturated rings. The largest absolute Gasteiger partial charge is 0.368 e. The molecule has 6 nitrogen and oxygen atoms in total. The summed E-state index contributed by atoms with van der Waals surface area (Å²) in [6.07, 6.45) is 5.87. The quantitative estimate of drug-likeness (QED) is 0.775. The van der Waals surface area contributed by atoms with Crippen LogP contribution >= 0.6 is 0 Å². The van der Waals surface area contributed by atoms with Gasteiger partial charge in [0.25, 0.3) is 0 Å². The van der Waals surface area contributed by atoms with Crippen LogP contribution in [0, 0.1) is 11.3 Å². The van der Waals surface area contributed by atoms with E-state index < -0.39 is 0 Å². The lowest BCUT2D eigenvalue weighted by Gasteiger charge is -2.36. The molecule has 6 heteroatoms. The molecule has 0 radical (unpaired) electrons. The third-order valence-corrected chi connectivity index (χ3v) is 4.87. The van der Waals surface area contributed by atoms with Crippen LogP contribution in [0.15, 0.2) is 24.5 Å². The molecule has 1 saturated heterocycles. The van der Waals surface area contributed by atoms with E-state index in [1.54, 1.807) is 6.20 Å². The number of fused-ring (bicyclic) bond motifs is 3. The molecule has 0 spiro atoms. The van der Waals surface area contributed by atoms with Crippen LogP contribution in [-0.4, -0.2) is 40.6 Å². The second kappa shape index (κ2) is 6.10. The van der Waals surface area contributed by atoms with Gasteiger partial charge in [0, 0.05) is 24.2 Å². The van der Waals surface area contributed by atoms with Gasteiger partial charge in [0.1, 0.15) is 17.4 Å². The first kappa shape index (κ1) is 14.9. The van der Waals surface area contributed by atoms with Crippen molar-refractivity contribution in [2.45, 2.75) is 25.8 Å². The maximum absolute atomic E-state index is 9.18. The summed E-state index contributed by atoms with van der Waals surface area (Å²) in [6.45, 7) is 5.27. The number of aromatic amines is 1. The molecule has 4 rings (SSSR count). The van der Waals surface area contributed by atoms with Gasteiger partial charge in [-0.3, -0.25) is 0 Å². The Labute approximate surface area is 140 Å². The molecule has 4 heterocycles. The van der Waals surface area contributed by atoms with Crippen LogP contribution in [0.4, 0.5) is 5.69 Å². The standard InChI is InChI=1S/C18H20N6/c1-2-24(13-3-6-20-7-4-13)16-5-8-21-18-17(16)14-9-12(10-19)22-11-15(14)23-18/h5,8-9,11,13,20H,2-4,6-7H2,1H3,(H,21,23). The Kier molecular flexibility index (Phi) is 3.79. The number of hydrogen-bond acceptors (Lipinski definition) is 5. The van der Waals surface area contributed by atoms with Gasteiger partial charge < -0.3 is 15.2 Å². The zero-order valence-electron chi connectivity index (χ0n) is 13.7. The Morgan fingerprint density at radius 2 is 2.17 bits per heavy atom. The summed E-state index contributed by atoms with van der Waals surface area (Å²) in [5, 5.41) is 14.7. The minimum Gasteiger partial charge on any atom is -0.368 e. The number of aromatic nitrogens is 3. The normalized spacial score (nSPS) is 15.7. The zero-order chi connectivity index (χ0) is 16.5. The van der Waals surface area contributed by atoms with E-state index in [9.17, 15) is 5.26 Å². The molecule has 0 unspecified atom stereocenters. The predicted octanol–water partition coefficient (Wildman–Crippen LogP) is 2.56. The molecule has 122 valence electrons. The zero-order valence-corrected chi connectivity index (χ0v) is 13.7. The molecule has 0 bridgehead atoms. The lowest BCUT2D eigenvalue weighted by atomic mass is 10.0. The fourth-order valence-corrected chi connectivity index (χ4v) is 3.75. The maximum Gasteiger partial charge on any atom is 0.141 e. The van der Waals surface area contributed by atoms with Gasteiger partial charge in [-0.2, -0.15) is 5.26 Å². The summed E-state index contributed by atoms with van der Waals surface area (Å²) in [5.41, 5.74) is 3.40. The number of piperidine rings is 1. The monoisotopic (exact) mass is 320 g/mol. The van der Waals surface area contributed by atoms with E-state index in [0.717, 1.165) is 54.4 Å². The van der Waals surface area contributed by atoms with Crippen LogP contribution < -0.4 is 10.2 Å². The van der Waals surface area contributed by atoms with Crippen molar-refractivity contribution in [3.63, 3.8) is 0 Å². The Balaban J connectivity index is 1.92. The van der Waals surface area contributed by atoms with Gasteiger partial charge in [0.05, 0.1) is 22.8 Å². The Morgan fingerprint density at radius 3 is 2.92 bits per heavy atom. The van der Waals surface area contributed by atoms with E-state index in [1.807, 2.05) is 12.3 Å². The van der Waals surface area contributed by atoms with E-state index in [1.165, 1.54) is 5.69 Å². The molecule has 1 aliphatic heterocycles. The Hall–Kier alpha value is -2.65. The van der Waals surface area contributed by atoms with Crippen LogP contribution in [0.25, 0.3) is 21.9 Å². The molecule has 2 N–H and O–H groups in total. The summed E-state index contributed by atoms with van der Waals surface area (Å²) in [6, 6.07) is 6.61. The van der Waals surface area contributed by atoms with E-state index in [4.69, 9.17) is 0 Å². The molecule has 0 saturated carbocycles. The van der Waals surface area contributed by atoms with E-state index in [-0.39, 0.29) is 0 Å². The summed E-state index contributed by atoms with van der Waals surface area (Å²) in [5.74, 6) is 0. The van der Waals surface area contributed by atoms with Gasteiger partial charge >= 0.3 is 0 Å². The maximum atomic E-state index is 9.18. The van der Waals surface area contributed by atoms with Crippen molar-refractivity contribution in [2.24, 2.45) is 0 Å². The molecular formula is C18H20N6. The van der Waals surface area contributed by atoms with Crippen molar-refractivity contribution in [1.29, 1.82) is 5.26 Å². The van der Waals surface area contributed by atoms with E-state index in [2.05, 4.69) is 44.2 Å². The fraction of sp³-hybridized carbons (Fsp3) is 0.389. The van der Waals surface area contributed by atoms with Crippen LogP contribution in [-0.2, 0) is 0 Å². The fourth-order valence-electron chi connectivity index (χ4n) is 3.75. The molecule has 0 atom stereocenters. The van der Waals surface area contributed by atoms with Crippen molar-refractivity contribution >= 4 is 27.6 Å². The highest BCUT2D eigenvalue weighted by molar-refractivity contribution is 6.12. The molecule has 0 aromatic carbocycles. The summed E-state index contributed by atoms with van der Waals surface area (Å²) < 4.78 is 0. The molecule has 1 aliphatic rings. The van der Waals surface area contributed by atoms with Crippen molar-refractivity contribution in [3.8, 4) is 6.07 Å². The molecular weight excluding hydrogens is 300 g/mol. The molecule has 24 heavy (non-hydrogen) atoms. The lowest BCUT2D eigenvalue weighted by Crippen LogP contribution is -2.43. The average Bonchev–Trinajstić information content (AvgIpc) is 3.01. The number of nitriles is 1. The molecule has 3 aromatic rings. The SMILES string of the molecule is CCN(c1ccnc2[nH]c3cnc(C#N)cc3c12)C1CCNCC1. The smallest absolute Gasteiger partial charge is 0.141 e. The van der Waals surface area contributed by atoms with Crippen molar-refractivity contribution in [3.05, 3.63) is 30.2 Å². The Morgan fingerprint density at radius 1 is 1.33 bits per heavy atom. The number of nitrogens with zero attached hydrogens (tertiary/aromatic N) is 4. The van der Waals surface area contributed by atoms with Crippen LogP contribution in [0.3, 0.4) is 0 Å². The number of rotatable bonds is 3. The summed E-state index contributed by atoms with van der Waals surface area (Å²) in [7, 11) is 0. The highest BCUT2D eigenvalue weighted by Crippen LogP contribution is 2.34. The van der Waals surface area contributed by atoms with Crippen LogP contribution in [0.5, 0.6) is 0 Å². The van der Waals surface area contributed by atoms with E-state index >= 15 is 0 Å². The van der Waals surface area contributed by atoms with Gasteiger partial charge in [-0.15, -0.1) is 0 Å². The third-order valence-electron chi connectivity index (χ3n) is 4.87. The van der Waals surface area contributed by atoms with Gasteiger partial charge in [-0.05, 0) is 45.0 Å². The number of nitrogens with one attached hydrogen (secondary N) is 2. The molecule has 0 amide bonds. The number of pyridine rings is 2. The highest BCUT2D eigenvalue weighted by atomic mass is 15.2. The minimum atomic E-state index is 0.433. The first-order valence-electron chi connectivity index (χ1n) is 8.45. The third kappa shape index (κ3) is 2.38. The number of hydrogen-bond donors (Lipinski definition) is 2. The van der Waals surface area contributed by atoms with Gasteiger partial charge in [-0.25, -0.2) is 9.97 Å². The summed E-state index contributed by atoms with van der Waals surface area (Å²) in [4.78, 5) is 14.5. The van der Waals surface area contributed by atoms with E-state index in [0.29, 0.717) is 11.7 Å². The second-order valence-electron chi connectivity index (χ2n) is 6.17. The van der Waals surface area contributed by atoms with Crippen molar-refractivity contribution in [2.75, 3.05) is 24.5 Å². The average molecular weight is 320 g/mol.